The first-order chi connectivity index (χ1) is 5.75. The number of nitrogens with one attached hydrogen (secondary N) is 1. The third kappa shape index (κ3) is 1.41. The minimum absolute atomic E-state index is 0.301. The summed E-state index contributed by atoms with van der Waals surface area (Å²) < 4.78 is 0. The Kier molecular flexibility index (Phi) is 2.66. The zero-order valence-electron chi connectivity index (χ0n) is 7.09. The highest BCUT2D eigenvalue weighted by Crippen LogP contribution is 2.37. The Hall–Kier alpha value is -1.08. The van der Waals surface area contributed by atoms with E-state index in [0.717, 1.165) is 12.8 Å². The average molecular weight is 168 g/mol. The van der Waals surface area contributed by atoms with Crippen molar-refractivity contribution >= 4 is 5.91 Å². The largest absolute Gasteiger partial charge is 0.277 e. The van der Waals surface area contributed by atoms with Crippen LogP contribution in [-0.2, 0) is 9.63 Å². The van der Waals surface area contributed by atoms with Crippen molar-refractivity contribution in [1.29, 1.82) is 5.26 Å². The monoisotopic (exact) mass is 168 g/mol. The van der Waals surface area contributed by atoms with Crippen LogP contribution in [0.2, 0.25) is 0 Å². The van der Waals surface area contributed by atoms with Gasteiger partial charge in [-0.2, -0.15) is 5.26 Å². The third-order valence-electron chi connectivity index (χ3n) is 2.30. The Balaban J connectivity index is 2.67. The van der Waals surface area contributed by atoms with E-state index in [-0.39, 0.29) is 5.91 Å². The second-order valence-corrected chi connectivity index (χ2v) is 3.04. The van der Waals surface area contributed by atoms with Crippen molar-refractivity contribution < 1.29 is 9.63 Å². The van der Waals surface area contributed by atoms with Gasteiger partial charge in [0.05, 0.1) is 13.2 Å². The van der Waals surface area contributed by atoms with E-state index in [0.29, 0.717) is 12.8 Å². The maximum Gasteiger partial charge on any atom is 0.263 e. The van der Waals surface area contributed by atoms with Crippen LogP contribution in [0.1, 0.15) is 25.7 Å². The van der Waals surface area contributed by atoms with Gasteiger partial charge in [-0.15, -0.1) is 0 Å². The van der Waals surface area contributed by atoms with Crippen LogP contribution in [0.3, 0.4) is 0 Å². The van der Waals surface area contributed by atoms with Crippen LogP contribution >= 0.6 is 0 Å². The first-order valence-electron chi connectivity index (χ1n) is 4.00. The van der Waals surface area contributed by atoms with Crippen LogP contribution in [0.4, 0.5) is 0 Å². The number of amides is 1. The number of rotatable bonds is 2. The molecule has 12 heavy (non-hydrogen) atoms. The van der Waals surface area contributed by atoms with Crippen molar-refractivity contribution in [3.8, 4) is 6.07 Å². The van der Waals surface area contributed by atoms with E-state index >= 15 is 0 Å². The van der Waals surface area contributed by atoms with Gasteiger partial charge in [-0.1, -0.05) is 12.8 Å². The maximum absolute atomic E-state index is 11.3. The lowest BCUT2D eigenvalue weighted by Crippen LogP contribution is -2.37. The molecule has 0 radical (unpaired) electrons. The summed E-state index contributed by atoms with van der Waals surface area (Å²) in [5.74, 6) is -0.301. The molecule has 1 rings (SSSR count). The summed E-state index contributed by atoms with van der Waals surface area (Å²) in [5, 5.41) is 8.85. The van der Waals surface area contributed by atoms with E-state index in [1.54, 1.807) is 0 Å². The van der Waals surface area contributed by atoms with Gasteiger partial charge < -0.3 is 0 Å². The number of carbonyl (C=O) groups excluding carboxylic acids is 1. The van der Waals surface area contributed by atoms with Crippen LogP contribution in [-0.4, -0.2) is 13.0 Å². The van der Waals surface area contributed by atoms with Crippen molar-refractivity contribution in [3.63, 3.8) is 0 Å². The molecule has 66 valence electrons. The smallest absolute Gasteiger partial charge is 0.263 e. The lowest BCUT2D eigenvalue weighted by molar-refractivity contribution is -0.138. The van der Waals surface area contributed by atoms with Gasteiger partial charge in [0, 0.05) is 0 Å². The van der Waals surface area contributed by atoms with Gasteiger partial charge >= 0.3 is 0 Å². The molecule has 0 atom stereocenters. The highest BCUT2D eigenvalue weighted by atomic mass is 16.6. The summed E-state index contributed by atoms with van der Waals surface area (Å²) in [4.78, 5) is 15.8. The minimum Gasteiger partial charge on any atom is -0.277 e. The number of nitrogens with zero attached hydrogens (tertiary/aromatic N) is 1. The molecule has 0 aromatic carbocycles. The molecule has 0 bridgehead atoms. The van der Waals surface area contributed by atoms with Gasteiger partial charge in [0.1, 0.15) is 5.41 Å². The minimum atomic E-state index is -0.823. The number of hydrogen-bond acceptors (Lipinski definition) is 3. The van der Waals surface area contributed by atoms with Crippen LogP contribution in [0, 0.1) is 16.7 Å². The fourth-order valence-corrected chi connectivity index (χ4v) is 1.56. The fraction of sp³-hybridized carbons (Fsp3) is 0.750. The molecule has 1 saturated carbocycles. The van der Waals surface area contributed by atoms with Gasteiger partial charge in [-0.05, 0) is 12.8 Å². The number of hydrogen-bond donors (Lipinski definition) is 1. The molecule has 4 heteroatoms. The molecule has 1 amide bonds. The Morgan fingerprint density at radius 1 is 1.58 bits per heavy atom. The molecule has 1 fully saturated rings. The summed E-state index contributed by atoms with van der Waals surface area (Å²) in [5.41, 5.74) is 1.39. The van der Waals surface area contributed by atoms with Gasteiger partial charge in [-0.3, -0.25) is 9.63 Å². The summed E-state index contributed by atoms with van der Waals surface area (Å²) in [7, 11) is 1.37. The molecule has 0 aliphatic heterocycles. The lowest BCUT2D eigenvalue weighted by atomic mass is 9.87. The Labute approximate surface area is 71.5 Å². The number of carbonyl (C=O) groups is 1. The van der Waals surface area contributed by atoms with E-state index in [4.69, 9.17) is 5.26 Å². The Morgan fingerprint density at radius 2 is 2.17 bits per heavy atom. The molecule has 1 N–H and O–H groups in total. The molecule has 0 aromatic rings. The van der Waals surface area contributed by atoms with Crippen LogP contribution < -0.4 is 5.48 Å². The van der Waals surface area contributed by atoms with E-state index in [1.807, 2.05) is 0 Å². The first kappa shape index (κ1) is 9.01. The zero-order chi connectivity index (χ0) is 9.03. The predicted octanol–water partition coefficient (Wildman–Crippen LogP) is 0.748. The Morgan fingerprint density at radius 3 is 2.58 bits per heavy atom. The van der Waals surface area contributed by atoms with Crippen LogP contribution in [0.25, 0.3) is 0 Å². The average Bonchev–Trinajstić information content (AvgIpc) is 2.54. The van der Waals surface area contributed by atoms with Gasteiger partial charge in [0.15, 0.2) is 0 Å². The molecule has 0 heterocycles. The lowest BCUT2D eigenvalue weighted by Gasteiger charge is -2.17. The van der Waals surface area contributed by atoms with E-state index in [9.17, 15) is 4.79 Å². The zero-order valence-corrected chi connectivity index (χ0v) is 7.09. The van der Waals surface area contributed by atoms with E-state index in [2.05, 4.69) is 16.4 Å². The van der Waals surface area contributed by atoms with Crippen molar-refractivity contribution in [3.05, 3.63) is 0 Å². The highest BCUT2D eigenvalue weighted by molar-refractivity contribution is 5.84. The normalized spacial score (nSPS) is 20.0. The van der Waals surface area contributed by atoms with Crippen molar-refractivity contribution in [1.82, 2.24) is 5.48 Å². The molecule has 0 aromatic heterocycles. The highest BCUT2D eigenvalue weighted by Gasteiger charge is 2.41. The summed E-state index contributed by atoms with van der Waals surface area (Å²) >= 11 is 0. The van der Waals surface area contributed by atoms with Crippen molar-refractivity contribution in [2.24, 2.45) is 5.41 Å². The fourth-order valence-electron chi connectivity index (χ4n) is 1.56. The topological polar surface area (TPSA) is 62.1 Å². The summed E-state index contributed by atoms with van der Waals surface area (Å²) in [6, 6.07) is 2.07. The molecule has 0 spiro atoms. The molecule has 0 unspecified atom stereocenters. The van der Waals surface area contributed by atoms with Crippen molar-refractivity contribution in [2.75, 3.05) is 7.11 Å². The van der Waals surface area contributed by atoms with Gasteiger partial charge in [0.25, 0.3) is 5.91 Å². The number of hydroxylamine groups is 1. The summed E-state index contributed by atoms with van der Waals surface area (Å²) in [6.45, 7) is 0. The van der Waals surface area contributed by atoms with Gasteiger partial charge in [-0.25, -0.2) is 5.48 Å². The van der Waals surface area contributed by atoms with Crippen LogP contribution in [0.15, 0.2) is 0 Å². The standard InChI is InChI=1S/C8H12N2O2/c1-12-10-7(11)8(6-9)4-2-3-5-8/h2-5H2,1H3,(H,10,11). The molecular weight excluding hydrogens is 156 g/mol. The molecular formula is C8H12N2O2. The third-order valence-corrected chi connectivity index (χ3v) is 2.30. The second kappa shape index (κ2) is 3.55. The molecule has 1 aliphatic rings. The van der Waals surface area contributed by atoms with E-state index in [1.165, 1.54) is 7.11 Å². The predicted molar refractivity (Wildman–Crippen MR) is 41.7 cm³/mol. The van der Waals surface area contributed by atoms with E-state index < -0.39 is 5.41 Å². The van der Waals surface area contributed by atoms with Crippen LogP contribution in [0.5, 0.6) is 0 Å². The molecule has 1 aliphatic carbocycles. The SMILES string of the molecule is CONC(=O)C1(C#N)CCCC1. The maximum atomic E-state index is 11.3. The Bertz CT molecular complexity index is 214. The second-order valence-electron chi connectivity index (χ2n) is 3.04. The number of nitriles is 1. The first-order valence-corrected chi connectivity index (χ1v) is 4.00. The summed E-state index contributed by atoms with van der Waals surface area (Å²) in [6.07, 6.45) is 3.20. The van der Waals surface area contributed by atoms with Crippen molar-refractivity contribution in [2.45, 2.75) is 25.7 Å². The molecule has 0 saturated heterocycles. The molecule has 4 nitrogen and oxygen atoms in total. The van der Waals surface area contributed by atoms with Gasteiger partial charge in [0.2, 0.25) is 0 Å². The quantitative estimate of drug-likeness (QED) is 0.619.